The van der Waals surface area contributed by atoms with E-state index in [1.165, 1.54) is 5.06 Å². The second-order valence-corrected chi connectivity index (χ2v) is 4.28. The molecule has 1 amide bonds. The number of hydroxylamine groups is 2. The van der Waals surface area contributed by atoms with Gasteiger partial charge in [0, 0.05) is 6.54 Å². The highest BCUT2D eigenvalue weighted by molar-refractivity contribution is 5.81. The summed E-state index contributed by atoms with van der Waals surface area (Å²) in [5.41, 5.74) is 6.98. The Labute approximate surface area is 109 Å². The minimum atomic E-state index is -0.518. The second-order valence-electron chi connectivity index (χ2n) is 4.28. The van der Waals surface area contributed by atoms with E-state index in [-0.39, 0.29) is 13.3 Å². The number of carbonyl (C=O) groups is 1. The Morgan fingerprint density at radius 1 is 1.33 bits per heavy atom. The first kappa shape index (κ1) is 14.7. The van der Waals surface area contributed by atoms with Gasteiger partial charge in [0.15, 0.2) is 0 Å². The van der Waals surface area contributed by atoms with Crippen LogP contribution in [-0.4, -0.2) is 30.2 Å². The Kier molecular flexibility index (Phi) is 5.82. The van der Waals surface area contributed by atoms with E-state index < -0.39 is 6.04 Å². The van der Waals surface area contributed by atoms with Crippen molar-refractivity contribution in [3.05, 3.63) is 35.9 Å². The lowest BCUT2D eigenvalue weighted by Gasteiger charge is -2.28. The van der Waals surface area contributed by atoms with Gasteiger partial charge >= 0.3 is 0 Å². The van der Waals surface area contributed by atoms with Crippen LogP contribution in [0.5, 0.6) is 0 Å². The molecule has 100 valence electrons. The van der Waals surface area contributed by atoms with Crippen LogP contribution in [0.1, 0.15) is 25.8 Å². The number of rotatable bonds is 3. The molecule has 1 aromatic rings. The van der Waals surface area contributed by atoms with Gasteiger partial charge in [-0.3, -0.25) is 9.63 Å². The van der Waals surface area contributed by atoms with Crippen molar-refractivity contribution < 1.29 is 9.63 Å². The van der Waals surface area contributed by atoms with Gasteiger partial charge in [0.05, 0.1) is 12.6 Å². The number of benzene rings is 1. The summed E-state index contributed by atoms with van der Waals surface area (Å²) in [7, 11) is 0. The molecule has 0 aliphatic carbocycles. The summed E-state index contributed by atoms with van der Waals surface area (Å²) < 4.78 is 0. The van der Waals surface area contributed by atoms with Gasteiger partial charge in [-0.2, -0.15) is 0 Å². The smallest absolute Gasteiger partial charge is 0.263 e. The van der Waals surface area contributed by atoms with Crippen molar-refractivity contribution in [2.24, 2.45) is 5.73 Å². The van der Waals surface area contributed by atoms with E-state index in [1.54, 1.807) is 0 Å². The third-order valence-corrected chi connectivity index (χ3v) is 2.86. The quantitative estimate of drug-likeness (QED) is 0.889. The van der Waals surface area contributed by atoms with Crippen LogP contribution < -0.4 is 5.73 Å². The average molecular weight is 250 g/mol. The molecule has 0 aromatic heterocycles. The zero-order valence-corrected chi connectivity index (χ0v) is 9.84. The van der Waals surface area contributed by atoms with Crippen LogP contribution in [0.3, 0.4) is 0 Å². The minimum Gasteiger partial charge on any atom is -0.320 e. The zero-order chi connectivity index (χ0) is 12.1. The SMILES string of the molecule is C.N[C@@H](Cc1ccccc1)C(=O)N1CCCCO1. The summed E-state index contributed by atoms with van der Waals surface area (Å²) in [6, 6.07) is 9.28. The highest BCUT2D eigenvalue weighted by atomic mass is 16.7. The Bertz CT molecular complexity index is 361. The Balaban J connectivity index is 0.00000162. The van der Waals surface area contributed by atoms with E-state index in [2.05, 4.69) is 0 Å². The van der Waals surface area contributed by atoms with E-state index in [0.717, 1.165) is 18.4 Å². The summed E-state index contributed by atoms with van der Waals surface area (Å²) in [6.07, 6.45) is 2.56. The van der Waals surface area contributed by atoms with Crippen molar-refractivity contribution in [3.8, 4) is 0 Å². The van der Waals surface area contributed by atoms with Gasteiger partial charge in [0.1, 0.15) is 0 Å². The van der Waals surface area contributed by atoms with Crippen molar-refractivity contribution in [1.82, 2.24) is 5.06 Å². The molecule has 0 unspecified atom stereocenters. The minimum absolute atomic E-state index is 0. The maximum Gasteiger partial charge on any atom is 0.263 e. The largest absolute Gasteiger partial charge is 0.320 e. The Hall–Kier alpha value is -1.39. The second kappa shape index (κ2) is 7.13. The summed E-state index contributed by atoms with van der Waals surface area (Å²) >= 11 is 0. The van der Waals surface area contributed by atoms with Crippen LogP contribution in [0.15, 0.2) is 30.3 Å². The fraction of sp³-hybridized carbons (Fsp3) is 0.500. The monoisotopic (exact) mass is 250 g/mol. The predicted molar refractivity (Wildman–Crippen MR) is 71.8 cm³/mol. The molecule has 1 fully saturated rings. The highest BCUT2D eigenvalue weighted by Crippen LogP contribution is 2.09. The van der Waals surface area contributed by atoms with E-state index in [1.807, 2.05) is 30.3 Å². The molecule has 1 aliphatic rings. The molecule has 4 heteroatoms. The molecular formula is C14H22N2O2. The lowest BCUT2D eigenvalue weighted by Crippen LogP contribution is -2.46. The van der Waals surface area contributed by atoms with E-state index >= 15 is 0 Å². The lowest BCUT2D eigenvalue weighted by molar-refractivity contribution is -0.198. The van der Waals surface area contributed by atoms with Gasteiger partial charge in [-0.15, -0.1) is 0 Å². The summed E-state index contributed by atoms with van der Waals surface area (Å²) in [4.78, 5) is 17.3. The first-order chi connectivity index (χ1) is 8.27. The van der Waals surface area contributed by atoms with E-state index in [4.69, 9.17) is 10.6 Å². The van der Waals surface area contributed by atoms with Gasteiger partial charge in [-0.05, 0) is 24.8 Å². The number of carbonyl (C=O) groups excluding carboxylic acids is 1. The van der Waals surface area contributed by atoms with Crippen molar-refractivity contribution >= 4 is 5.91 Å². The van der Waals surface area contributed by atoms with Gasteiger partial charge in [0.2, 0.25) is 0 Å². The van der Waals surface area contributed by atoms with Crippen LogP contribution in [0.25, 0.3) is 0 Å². The molecule has 1 aromatic carbocycles. The molecule has 0 radical (unpaired) electrons. The summed E-state index contributed by atoms with van der Waals surface area (Å²) in [5.74, 6) is -0.117. The van der Waals surface area contributed by atoms with Gasteiger partial charge in [-0.25, -0.2) is 5.06 Å². The zero-order valence-electron chi connectivity index (χ0n) is 9.84. The van der Waals surface area contributed by atoms with E-state index in [9.17, 15) is 4.79 Å². The number of amides is 1. The normalized spacial score (nSPS) is 16.8. The molecule has 4 nitrogen and oxygen atoms in total. The third-order valence-electron chi connectivity index (χ3n) is 2.86. The molecule has 1 saturated heterocycles. The average Bonchev–Trinajstić information content (AvgIpc) is 2.40. The standard InChI is InChI=1S/C13H18N2O2.CH4/c14-12(10-11-6-2-1-3-7-11)13(16)15-8-4-5-9-17-15;/h1-3,6-7,12H,4-5,8-10,14H2;1H4/t12-;/m0./s1. The maximum atomic E-state index is 12.0. The fourth-order valence-corrected chi connectivity index (χ4v) is 1.91. The Morgan fingerprint density at radius 2 is 2.06 bits per heavy atom. The maximum absolute atomic E-state index is 12.0. The lowest BCUT2D eigenvalue weighted by atomic mass is 10.1. The van der Waals surface area contributed by atoms with Crippen molar-refractivity contribution in [1.29, 1.82) is 0 Å². The van der Waals surface area contributed by atoms with Crippen LogP contribution >= 0.6 is 0 Å². The van der Waals surface area contributed by atoms with Gasteiger partial charge < -0.3 is 5.73 Å². The van der Waals surface area contributed by atoms with Crippen LogP contribution in [0.2, 0.25) is 0 Å². The third kappa shape index (κ3) is 3.82. The molecule has 0 saturated carbocycles. The molecule has 18 heavy (non-hydrogen) atoms. The number of nitrogens with two attached hydrogens (primary N) is 1. The van der Waals surface area contributed by atoms with Crippen molar-refractivity contribution in [2.45, 2.75) is 32.7 Å². The van der Waals surface area contributed by atoms with Crippen LogP contribution in [-0.2, 0) is 16.1 Å². The molecule has 0 bridgehead atoms. The van der Waals surface area contributed by atoms with Crippen molar-refractivity contribution in [3.63, 3.8) is 0 Å². The summed E-state index contributed by atoms with van der Waals surface area (Å²) in [6.45, 7) is 1.27. The molecule has 1 heterocycles. The number of hydrogen-bond donors (Lipinski definition) is 1. The number of hydrogen-bond acceptors (Lipinski definition) is 3. The van der Waals surface area contributed by atoms with Crippen LogP contribution in [0, 0.1) is 0 Å². The molecule has 0 spiro atoms. The fourth-order valence-electron chi connectivity index (χ4n) is 1.91. The highest BCUT2D eigenvalue weighted by Gasteiger charge is 2.23. The van der Waals surface area contributed by atoms with Gasteiger partial charge in [0.25, 0.3) is 5.91 Å². The summed E-state index contributed by atoms with van der Waals surface area (Å²) in [5, 5.41) is 1.41. The van der Waals surface area contributed by atoms with Crippen molar-refractivity contribution in [2.75, 3.05) is 13.2 Å². The topological polar surface area (TPSA) is 55.6 Å². The first-order valence-corrected chi connectivity index (χ1v) is 6.01. The number of nitrogens with zero attached hydrogens (tertiary/aromatic N) is 1. The molecular weight excluding hydrogens is 228 g/mol. The predicted octanol–water partition coefficient (Wildman–Crippen LogP) is 1.75. The van der Waals surface area contributed by atoms with Gasteiger partial charge in [-0.1, -0.05) is 37.8 Å². The van der Waals surface area contributed by atoms with E-state index in [0.29, 0.717) is 19.6 Å². The molecule has 2 rings (SSSR count). The van der Waals surface area contributed by atoms with Crippen LogP contribution in [0.4, 0.5) is 0 Å². The molecule has 1 aliphatic heterocycles. The molecule has 2 N–H and O–H groups in total. The molecule has 1 atom stereocenters. The first-order valence-electron chi connectivity index (χ1n) is 6.01. The Morgan fingerprint density at radius 3 is 2.67 bits per heavy atom.